The molecule has 3 aromatic carbocycles. The lowest BCUT2D eigenvalue weighted by atomic mass is 9.88. The summed E-state index contributed by atoms with van der Waals surface area (Å²) in [5, 5.41) is 5.73. The second kappa shape index (κ2) is 11.7. The van der Waals surface area contributed by atoms with Crippen molar-refractivity contribution in [3.8, 4) is 0 Å². The molecule has 4 amide bonds. The first kappa shape index (κ1) is 25.9. The first-order chi connectivity index (χ1) is 17.8. The number of urea groups is 1. The number of nitrogens with one attached hydrogen (secondary N) is 2. The molecule has 7 heteroatoms. The number of hydrogen-bond donors (Lipinski definition) is 2. The number of likely N-dealkylation sites (tertiary alicyclic amines) is 1. The lowest BCUT2D eigenvalue weighted by Crippen LogP contribution is -2.38. The number of hydrogen-bond acceptors (Lipinski definition) is 3. The highest BCUT2D eigenvalue weighted by Crippen LogP contribution is 2.29. The van der Waals surface area contributed by atoms with E-state index in [1.165, 1.54) is 5.56 Å². The van der Waals surface area contributed by atoms with Gasteiger partial charge in [0.1, 0.15) is 0 Å². The predicted octanol–water partition coefficient (Wildman–Crippen LogP) is 5.04. The highest BCUT2D eigenvalue weighted by atomic mass is 16.2. The first-order valence-electron chi connectivity index (χ1n) is 12.6. The molecule has 1 heterocycles. The average molecular weight is 499 g/mol. The first-order valence-corrected chi connectivity index (χ1v) is 12.6. The van der Waals surface area contributed by atoms with Gasteiger partial charge >= 0.3 is 6.03 Å². The van der Waals surface area contributed by atoms with E-state index in [1.54, 1.807) is 25.1 Å². The van der Waals surface area contributed by atoms with Crippen LogP contribution in [0.15, 0.2) is 72.8 Å². The van der Waals surface area contributed by atoms with Gasteiger partial charge in [-0.2, -0.15) is 0 Å². The number of nitrogens with zero attached hydrogens (tertiary/aromatic N) is 2. The third kappa shape index (κ3) is 6.55. The highest BCUT2D eigenvalue weighted by molar-refractivity contribution is 5.97. The van der Waals surface area contributed by atoms with Crippen LogP contribution in [0.5, 0.6) is 0 Å². The Kier molecular flexibility index (Phi) is 8.23. The molecule has 3 aromatic rings. The zero-order valence-corrected chi connectivity index (χ0v) is 21.7. The largest absolute Gasteiger partial charge is 0.345 e. The van der Waals surface area contributed by atoms with E-state index in [9.17, 15) is 14.4 Å². The fourth-order valence-electron chi connectivity index (χ4n) is 4.59. The van der Waals surface area contributed by atoms with Crippen molar-refractivity contribution < 1.29 is 14.4 Å². The molecular weight excluding hydrogens is 464 g/mol. The molecule has 0 aliphatic carbocycles. The van der Waals surface area contributed by atoms with Crippen molar-refractivity contribution in [2.45, 2.75) is 32.2 Å². The SMILES string of the molecule is Cc1ccc(C(=O)N2CCC(c3ccc(C(=O)N(C)C)cc3)CC2)cc1NC(=O)NCc1ccccc1. The normalized spacial score (nSPS) is 13.6. The zero-order chi connectivity index (χ0) is 26.4. The molecule has 2 N–H and O–H groups in total. The monoisotopic (exact) mass is 498 g/mol. The lowest BCUT2D eigenvalue weighted by Gasteiger charge is -2.32. The van der Waals surface area contributed by atoms with Crippen molar-refractivity contribution in [2.75, 3.05) is 32.5 Å². The van der Waals surface area contributed by atoms with Gasteiger partial charge in [-0.3, -0.25) is 9.59 Å². The number of aryl methyl sites for hydroxylation is 1. The Labute approximate surface area is 218 Å². The fourth-order valence-corrected chi connectivity index (χ4v) is 4.59. The molecule has 0 bridgehead atoms. The van der Waals surface area contributed by atoms with Gasteiger partial charge in [0.25, 0.3) is 11.8 Å². The molecule has 1 fully saturated rings. The minimum Gasteiger partial charge on any atom is -0.345 e. The lowest BCUT2D eigenvalue weighted by molar-refractivity contribution is 0.0712. The molecular formula is C30H34N4O3. The van der Waals surface area contributed by atoms with Crippen LogP contribution < -0.4 is 10.6 Å². The Morgan fingerprint density at radius 2 is 1.54 bits per heavy atom. The predicted molar refractivity (Wildman–Crippen MR) is 146 cm³/mol. The molecule has 0 atom stereocenters. The Bertz CT molecular complexity index is 1250. The Morgan fingerprint density at radius 3 is 2.19 bits per heavy atom. The van der Waals surface area contributed by atoms with Crippen molar-refractivity contribution in [1.29, 1.82) is 0 Å². The molecule has 4 rings (SSSR count). The summed E-state index contributed by atoms with van der Waals surface area (Å²) in [7, 11) is 3.49. The third-order valence-electron chi connectivity index (χ3n) is 6.85. The van der Waals surface area contributed by atoms with Gasteiger partial charge in [-0.15, -0.1) is 0 Å². The number of anilines is 1. The Balaban J connectivity index is 1.33. The van der Waals surface area contributed by atoms with E-state index >= 15 is 0 Å². The summed E-state index contributed by atoms with van der Waals surface area (Å²) < 4.78 is 0. The topological polar surface area (TPSA) is 81.8 Å². The van der Waals surface area contributed by atoms with Gasteiger partial charge in [0.05, 0.1) is 0 Å². The Hall–Kier alpha value is -4.13. The van der Waals surface area contributed by atoms with Crippen LogP contribution >= 0.6 is 0 Å². The van der Waals surface area contributed by atoms with E-state index in [1.807, 2.05) is 78.6 Å². The molecule has 0 saturated carbocycles. The maximum absolute atomic E-state index is 13.2. The molecule has 0 aromatic heterocycles. The maximum atomic E-state index is 13.2. The fraction of sp³-hybridized carbons (Fsp3) is 0.300. The van der Waals surface area contributed by atoms with E-state index in [-0.39, 0.29) is 17.8 Å². The summed E-state index contributed by atoms with van der Waals surface area (Å²) in [6, 6.07) is 22.7. The van der Waals surface area contributed by atoms with Crippen LogP contribution in [0, 0.1) is 6.92 Å². The summed E-state index contributed by atoms with van der Waals surface area (Å²) >= 11 is 0. The van der Waals surface area contributed by atoms with Crippen LogP contribution in [0.2, 0.25) is 0 Å². The second-order valence-electron chi connectivity index (χ2n) is 9.71. The molecule has 1 saturated heterocycles. The molecule has 0 unspecified atom stereocenters. The molecule has 0 radical (unpaired) electrons. The third-order valence-corrected chi connectivity index (χ3v) is 6.85. The summed E-state index contributed by atoms with van der Waals surface area (Å²) in [4.78, 5) is 41.3. The van der Waals surface area contributed by atoms with Crippen LogP contribution in [0.25, 0.3) is 0 Å². The molecule has 192 valence electrons. The van der Waals surface area contributed by atoms with E-state index in [0.717, 1.165) is 24.0 Å². The zero-order valence-electron chi connectivity index (χ0n) is 21.7. The van der Waals surface area contributed by atoms with Crippen molar-refractivity contribution in [2.24, 2.45) is 0 Å². The number of benzene rings is 3. The standard InChI is InChI=1S/C30H34N4O3/c1-21-9-10-26(19-27(21)32-30(37)31-20-22-7-5-4-6-8-22)29(36)34-17-15-24(16-18-34)23-11-13-25(14-12-23)28(35)33(2)3/h4-14,19,24H,15-18,20H2,1-3H3,(H2,31,32,37). The Morgan fingerprint density at radius 1 is 0.892 bits per heavy atom. The van der Waals surface area contributed by atoms with E-state index < -0.39 is 0 Å². The van der Waals surface area contributed by atoms with Gasteiger partial charge in [0, 0.05) is 50.5 Å². The van der Waals surface area contributed by atoms with Crippen molar-refractivity contribution in [3.05, 3.63) is 101 Å². The van der Waals surface area contributed by atoms with Crippen molar-refractivity contribution in [1.82, 2.24) is 15.1 Å². The molecule has 37 heavy (non-hydrogen) atoms. The van der Waals surface area contributed by atoms with Gasteiger partial charge in [-0.05, 0) is 66.6 Å². The minimum absolute atomic E-state index is 0.00685. The van der Waals surface area contributed by atoms with Crippen LogP contribution in [-0.4, -0.2) is 54.8 Å². The van der Waals surface area contributed by atoms with Crippen molar-refractivity contribution in [3.63, 3.8) is 0 Å². The molecule has 7 nitrogen and oxygen atoms in total. The molecule has 1 aliphatic rings. The number of carbonyl (C=O) groups excluding carboxylic acids is 3. The molecule has 1 aliphatic heterocycles. The molecule has 0 spiro atoms. The summed E-state index contributed by atoms with van der Waals surface area (Å²) in [5.41, 5.74) is 4.97. The van der Waals surface area contributed by atoms with Gasteiger partial charge in [-0.1, -0.05) is 48.5 Å². The van der Waals surface area contributed by atoms with Gasteiger partial charge in [0.2, 0.25) is 0 Å². The summed E-state index contributed by atoms with van der Waals surface area (Å²) in [5.74, 6) is 0.321. The second-order valence-corrected chi connectivity index (χ2v) is 9.71. The summed E-state index contributed by atoms with van der Waals surface area (Å²) in [6.07, 6.45) is 1.73. The van der Waals surface area contributed by atoms with Crippen LogP contribution in [0.4, 0.5) is 10.5 Å². The van der Waals surface area contributed by atoms with E-state index in [2.05, 4.69) is 10.6 Å². The maximum Gasteiger partial charge on any atom is 0.319 e. The number of amides is 4. The summed E-state index contributed by atoms with van der Waals surface area (Å²) in [6.45, 7) is 3.66. The highest BCUT2D eigenvalue weighted by Gasteiger charge is 2.25. The smallest absolute Gasteiger partial charge is 0.319 e. The minimum atomic E-state index is -0.310. The quantitative estimate of drug-likeness (QED) is 0.500. The van der Waals surface area contributed by atoms with Crippen LogP contribution in [0.1, 0.15) is 56.2 Å². The van der Waals surface area contributed by atoms with Crippen molar-refractivity contribution >= 4 is 23.5 Å². The van der Waals surface area contributed by atoms with Gasteiger partial charge in [-0.25, -0.2) is 4.79 Å². The van der Waals surface area contributed by atoms with Crippen LogP contribution in [0.3, 0.4) is 0 Å². The van der Waals surface area contributed by atoms with E-state index in [4.69, 9.17) is 0 Å². The van der Waals surface area contributed by atoms with Gasteiger partial charge < -0.3 is 20.4 Å². The van der Waals surface area contributed by atoms with Crippen LogP contribution in [-0.2, 0) is 6.54 Å². The average Bonchev–Trinajstić information content (AvgIpc) is 2.93. The number of carbonyl (C=O) groups is 3. The van der Waals surface area contributed by atoms with Gasteiger partial charge in [0.15, 0.2) is 0 Å². The van der Waals surface area contributed by atoms with E-state index in [0.29, 0.717) is 42.4 Å². The number of rotatable bonds is 6. The number of piperidine rings is 1.